The van der Waals surface area contributed by atoms with Crippen molar-refractivity contribution in [1.29, 1.82) is 0 Å². The Labute approximate surface area is 213 Å². The van der Waals surface area contributed by atoms with Gasteiger partial charge in [0.15, 0.2) is 11.7 Å². The first-order valence-corrected chi connectivity index (χ1v) is 12.6. The molecule has 9 nitrogen and oxygen atoms in total. The van der Waals surface area contributed by atoms with Gasteiger partial charge in [-0.05, 0) is 42.7 Å². The number of hydrogen-bond donors (Lipinski definition) is 0. The molecule has 0 bridgehead atoms. The first-order chi connectivity index (χ1) is 18.0. The molecule has 0 spiro atoms. The van der Waals surface area contributed by atoms with Crippen LogP contribution in [0.25, 0.3) is 10.9 Å². The monoisotopic (exact) mass is 497 g/mol. The summed E-state index contributed by atoms with van der Waals surface area (Å²) in [5, 5.41) is 5.40. The fourth-order valence-corrected chi connectivity index (χ4v) is 4.69. The van der Waals surface area contributed by atoms with E-state index < -0.39 is 0 Å². The summed E-state index contributed by atoms with van der Waals surface area (Å²) in [5.74, 6) is 0.906. The molecule has 1 aliphatic heterocycles. The Morgan fingerprint density at radius 1 is 0.946 bits per heavy atom. The van der Waals surface area contributed by atoms with Gasteiger partial charge >= 0.3 is 0 Å². The van der Waals surface area contributed by atoms with Crippen LogP contribution in [0.1, 0.15) is 51.1 Å². The molecule has 0 unspecified atom stereocenters. The SMILES string of the molecule is O=C(Cc1ccc2nn(CC(=O)N3CCN(C(=O)c4ccccc4)CC3)cc2c1)c1coc(C2CC2)n1. The maximum Gasteiger partial charge on any atom is 0.253 e. The number of fused-ring (bicyclic) bond motifs is 1. The summed E-state index contributed by atoms with van der Waals surface area (Å²) in [7, 11) is 0. The van der Waals surface area contributed by atoms with Crippen molar-refractivity contribution in [2.24, 2.45) is 0 Å². The molecule has 2 aliphatic rings. The molecule has 1 aliphatic carbocycles. The Morgan fingerprint density at radius 2 is 1.70 bits per heavy atom. The minimum Gasteiger partial charge on any atom is -0.448 e. The number of carbonyl (C=O) groups excluding carboxylic acids is 3. The lowest BCUT2D eigenvalue weighted by Gasteiger charge is -2.34. The number of rotatable bonds is 7. The molecule has 4 aromatic rings. The Hall–Kier alpha value is -4.27. The van der Waals surface area contributed by atoms with E-state index in [-0.39, 0.29) is 30.6 Å². The molecule has 3 heterocycles. The lowest BCUT2D eigenvalue weighted by Crippen LogP contribution is -2.51. The molecule has 2 aromatic heterocycles. The van der Waals surface area contributed by atoms with Crippen molar-refractivity contribution in [3.05, 3.63) is 83.7 Å². The van der Waals surface area contributed by atoms with Gasteiger partial charge < -0.3 is 14.2 Å². The Balaban J connectivity index is 1.05. The molecule has 1 saturated carbocycles. The zero-order valence-corrected chi connectivity index (χ0v) is 20.4. The van der Waals surface area contributed by atoms with E-state index in [0.29, 0.717) is 49.2 Å². The van der Waals surface area contributed by atoms with Gasteiger partial charge in [0, 0.05) is 55.7 Å². The second kappa shape index (κ2) is 9.65. The fraction of sp³-hybridized carbons (Fsp3) is 0.321. The van der Waals surface area contributed by atoms with Crippen LogP contribution in [-0.2, 0) is 17.8 Å². The second-order valence-electron chi connectivity index (χ2n) is 9.70. The summed E-state index contributed by atoms with van der Waals surface area (Å²) in [6, 6.07) is 14.9. The molecule has 0 N–H and O–H groups in total. The lowest BCUT2D eigenvalue weighted by atomic mass is 10.1. The Morgan fingerprint density at radius 3 is 2.46 bits per heavy atom. The molecule has 2 fully saturated rings. The van der Waals surface area contributed by atoms with Gasteiger partial charge in [-0.15, -0.1) is 0 Å². The molecular formula is C28H27N5O4. The minimum absolute atomic E-state index is 0.00721. The summed E-state index contributed by atoms with van der Waals surface area (Å²) in [5.41, 5.74) is 2.66. The predicted molar refractivity (Wildman–Crippen MR) is 135 cm³/mol. The van der Waals surface area contributed by atoms with Gasteiger partial charge in [0.2, 0.25) is 5.91 Å². The maximum absolute atomic E-state index is 12.9. The fourth-order valence-electron chi connectivity index (χ4n) is 4.69. The summed E-state index contributed by atoms with van der Waals surface area (Å²) in [6.45, 7) is 2.12. The van der Waals surface area contributed by atoms with Crippen LogP contribution in [0.2, 0.25) is 0 Å². The maximum atomic E-state index is 12.9. The van der Waals surface area contributed by atoms with E-state index in [0.717, 1.165) is 29.3 Å². The highest BCUT2D eigenvalue weighted by atomic mass is 16.3. The number of piperazine rings is 1. The van der Waals surface area contributed by atoms with Crippen molar-refractivity contribution in [2.75, 3.05) is 26.2 Å². The van der Waals surface area contributed by atoms with Crippen molar-refractivity contribution in [2.45, 2.75) is 31.7 Å². The average Bonchev–Trinajstić information content (AvgIpc) is 3.51. The van der Waals surface area contributed by atoms with Crippen LogP contribution in [0.5, 0.6) is 0 Å². The van der Waals surface area contributed by atoms with E-state index in [2.05, 4.69) is 10.1 Å². The van der Waals surface area contributed by atoms with Crippen LogP contribution in [-0.4, -0.2) is 68.3 Å². The summed E-state index contributed by atoms with van der Waals surface area (Å²) >= 11 is 0. The van der Waals surface area contributed by atoms with Crippen molar-refractivity contribution in [3.63, 3.8) is 0 Å². The zero-order valence-electron chi connectivity index (χ0n) is 20.4. The number of carbonyl (C=O) groups is 3. The number of aromatic nitrogens is 3. The molecule has 2 amide bonds. The first-order valence-electron chi connectivity index (χ1n) is 12.6. The Kier molecular flexibility index (Phi) is 6.04. The number of nitrogens with zero attached hydrogens (tertiary/aromatic N) is 5. The van der Waals surface area contributed by atoms with Gasteiger partial charge in [0.05, 0.1) is 5.52 Å². The molecule has 1 saturated heterocycles. The average molecular weight is 498 g/mol. The largest absolute Gasteiger partial charge is 0.448 e. The number of benzene rings is 2. The topological polar surface area (TPSA) is 102 Å². The third-order valence-electron chi connectivity index (χ3n) is 6.95. The number of Topliss-reactive ketones (excluding diaryl/α,β-unsaturated/α-hetero) is 1. The van der Waals surface area contributed by atoms with Gasteiger partial charge in [0.25, 0.3) is 5.91 Å². The van der Waals surface area contributed by atoms with E-state index in [1.54, 1.807) is 14.5 Å². The van der Waals surface area contributed by atoms with Gasteiger partial charge in [0.1, 0.15) is 18.5 Å². The van der Waals surface area contributed by atoms with Crippen LogP contribution in [0.4, 0.5) is 0 Å². The lowest BCUT2D eigenvalue weighted by molar-refractivity contribution is -0.133. The summed E-state index contributed by atoms with van der Waals surface area (Å²) < 4.78 is 7.08. The quantitative estimate of drug-likeness (QED) is 0.363. The van der Waals surface area contributed by atoms with Crippen molar-refractivity contribution in [3.8, 4) is 0 Å². The van der Waals surface area contributed by atoms with Crippen molar-refractivity contribution >= 4 is 28.5 Å². The highest BCUT2D eigenvalue weighted by molar-refractivity contribution is 5.96. The van der Waals surface area contributed by atoms with Crippen LogP contribution < -0.4 is 0 Å². The predicted octanol–water partition coefficient (Wildman–Crippen LogP) is 3.31. The highest BCUT2D eigenvalue weighted by Gasteiger charge is 2.29. The number of amides is 2. The third-order valence-corrected chi connectivity index (χ3v) is 6.95. The molecule has 9 heteroatoms. The number of oxazole rings is 1. The van der Waals surface area contributed by atoms with Crippen LogP contribution in [0.15, 0.2) is 65.4 Å². The van der Waals surface area contributed by atoms with Crippen LogP contribution in [0.3, 0.4) is 0 Å². The normalized spacial score (nSPS) is 15.8. The molecule has 2 aromatic carbocycles. The van der Waals surface area contributed by atoms with Gasteiger partial charge in [-0.1, -0.05) is 24.3 Å². The standard InChI is InChI=1S/C28H27N5O4/c34-25(24-18-37-27(29-24)20-7-8-20)15-19-6-9-23-22(14-19)16-33(30-23)17-26(35)31-10-12-32(13-11-31)28(36)21-4-2-1-3-5-21/h1-6,9,14,16,18,20H,7-8,10-13,15,17H2. The third kappa shape index (κ3) is 5.02. The smallest absolute Gasteiger partial charge is 0.253 e. The highest BCUT2D eigenvalue weighted by Crippen LogP contribution is 2.39. The van der Waals surface area contributed by atoms with Crippen molar-refractivity contribution < 1.29 is 18.8 Å². The van der Waals surface area contributed by atoms with E-state index >= 15 is 0 Å². The Bertz CT molecular complexity index is 1460. The summed E-state index contributed by atoms with van der Waals surface area (Å²) in [6.07, 6.45) is 5.65. The minimum atomic E-state index is -0.0811. The van der Waals surface area contributed by atoms with Gasteiger partial charge in [-0.2, -0.15) is 5.10 Å². The summed E-state index contributed by atoms with van der Waals surface area (Å²) in [4.78, 5) is 46.1. The molecule has 0 atom stereocenters. The van der Waals surface area contributed by atoms with Crippen LogP contribution >= 0.6 is 0 Å². The van der Waals surface area contributed by atoms with E-state index in [9.17, 15) is 14.4 Å². The molecular weight excluding hydrogens is 470 g/mol. The zero-order chi connectivity index (χ0) is 25.4. The molecule has 37 heavy (non-hydrogen) atoms. The molecule has 188 valence electrons. The van der Waals surface area contributed by atoms with Crippen molar-refractivity contribution in [1.82, 2.24) is 24.6 Å². The van der Waals surface area contributed by atoms with Crippen LogP contribution in [0, 0.1) is 0 Å². The first kappa shape index (κ1) is 23.1. The second-order valence-corrected chi connectivity index (χ2v) is 9.70. The van der Waals surface area contributed by atoms with E-state index in [1.807, 2.05) is 54.7 Å². The number of ketones is 1. The van der Waals surface area contributed by atoms with Gasteiger partial charge in [-0.3, -0.25) is 19.1 Å². The van der Waals surface area contributed by atoms with E-state index in [4.69, 9.17) is 4.42 Å². The molecule has 6 rings (SSSR count). The molecule has 0 radical (unpaired) electrons. The number of hydrogen-bond acceptors (Lipinski definition) is 6. The van der Waals surface area contributed by atoms with Gasteiger partial charge in [-0.25, -0.2) is 4.98 Å². The van der Waals surface area contributed by atoms with E-state index in [1.165, 1.54) is 6.26 Å².